The van der Waals surface area contributed by atoms with E-state index < -0.39 is 23.0 Å². The van der Waals surface area contributed by atoms with E-state index in [0.717, 1.165) is 23.9 Å². The van der Waals surface area contributed by atoms with E-state index in [9.17, 15) is 18.4 Å². The second kappa shape index (κ2) is 6.83. The third kappa shape index (κ3) is 4.03. The average molecular weight is 302 g/mol. The fourth-order valence-corrected chi connectivity index (χ4v) is 2.33. The molecule has 0 saturated carbocycles. The van der Waals surface area contributed by atoms with Gasteiger partial charge in [0.15, 0.2) is 17.4 Å². The van der Waals surface area contributed by atoms with Crippen LogP contribution in [0.5, 0.6) is 0 Å². The molecule has 0 unspecified atom stereocenters. The van der Waals surface area contributed by atoms with Crippen LogP contribution in [0.3, 0.4) is 0 Å². The molecule has 0 spiro atoms. The zero-order valence-corrected chi connectivity index (χ0v) is 12.4. The number of hydrogen-bond donors (Lipinski definition) is 0. The van der Waals surface area contributed by atoms with Crippen LogP contribution in [0.15, 0.2) is 23.1 Å². The lowest BCUT2D eigenvalue weighted by Gasteiger charge is -2.20. The molecule has 20 heavy (non-hydrogen) atoms. The first-order valence-corrected chi connectivity index (χ1v) is 7.06. The van der Waals surface area contributed by atoms with Crippen LogP contribution in [0, 0.1) is 17.0 Å². The van der Waals surface area contributed by atoms with Crippen molar-refractivity contribution in [2.75, 3.05) is 12.4 Å². The standard InChI is InChI=1S/C14H16F2O3S/c1-4-19-13(18)14(2,3)12(17)8-20-9-5-6-10(15)11(16)7-9/h5-7H,4,8H2,1-3H3. The van der Waals surface area contributed by atoms with Gasteiger partial charge in [-0.15, -0.1) is 11.8 Å². The highest BCUT2D eigenvalue weighted by Crippen LogP contribution is 2.26. The van der Waals surface area contributed by atoms with Crippen molar-refractivity contribution in [2.45, 2.75) is 25.7 Å². The van der Waals surface area contributed by atoms with Gasteiger partial charge in [0.25, 0.3) is 0 Å². The lowest BCUT2D eigenvalue weighted by molar-refractivity contribution is -0.157. The Kier molecular flexibility index (Phi) is 5.68. The molecule has 0 aliphatic heterocycles. The van der Waals surface area contributed by atoms with Crippen LogP contribution in [-0.2, 0) is 14.3 Å². The van der Waals surface area contributed by atoms with E-state index in [2.05, 4.69) is 0 Å². The number of hydrogen-bond acceptors (Lipinski definition) is 4. The predicted molar refractivity (Wildman–Crippen MR) is 72.5 cm³/mol. The Bertz CT molecular complexity index is 515. The first-order chi connectivity index (χ1) is 9.28. The third-order valence-corrected chi connectivity index (χ3v) is 3.74. The summed E-state index contributed by atoms with van der Waals surface area (Å²) in [6.07, 6.45) is 0. The van der Waals surface area contributed by atoms with Gasteiger partial charge in [0, 0.05) is 4.90 Å². The summed E-state index contributed by atoms with van der Waals surface area (Å²) in [7, 11) is 0. The van der Waals surface area contributed by atoms with Gasteiger partial charge in [-0.2, -0.15) is 0 Å². The molecular formula is C14H16F2O3S. The minimum Gasteiger partial charge on any atom is -0.465 e. The molecule has 0 N–H and O–H groups in total. The predicted octanol–water partition coefficient (Wildman–Crippen LogP) is 3.22. The quantitative estimate of drug-likeness (QED) is 0.460. The molecule has 6 heteroatoms. The largest absolute Gasteiger partial charge is 0.465 e. The number of halogens is 2. The van der Waals surface area contributed by atoms with Gasteiger partial charge in [-0.05, 0) is 39.0 Å². The molecule has 0 bridgehead atoms. The average Bonchev–Trinajstić information content (AvgIpc) is 2.39. The summed E-state index contributed by atoms with van der Waals surface area (Å²) < 4.78 is 30.6. The molecule has 0 radical (unpaired) electrons. The smallest absolute Gasteiger partial charge is 0.319 e. The van der Waals surface area contributed by atoms with Crippen LogP contribution >= 0.6 is 11.8 Å². The van der Waals surface area contributed by atoms with Crippen LogP contribution < -0.4 is 0 Å². The van der Waals surface area contributed by atoms with E-state index in [4.69, 9.17) is 4.74 Å². The zero-order chi connectivity index (χ0) is 15.3. The molecular weight excluding hydrogens is 286 g/mol. The Morgan fingerprint density at radius 3 is 2.45 bits per heavy atom. The third-order valence-electron chi connectivity index (χ3n) is 2.74. The summed E-state index contributed by atoms with van der Waals surface area (Å²) in [6.45, 7) is 4.83. The maximum absolute atomic E-state index is 13.0. The highest BCUT2D eigenvalue weighted by molar-refractivity contribution is 8.00. The Morgan fingerprint density at radius 2 is 1.90 bits per heavy atom. The number of thioether (sulfide) groups is 1. The summed E-state index contributed by atoms with van der Waals surface area (Å²) in [6, 6.07) is 3.40. The minimum atomic E-state index is -1.25. The molecule has 0 aromatic heterocycles. The fraction of sp³-hybridized carbons (Fsp3) is 0.429. The van der Waals surface area contributed by atoms with Crippen molar-refractivity contribution in [2.24, 2.45) is 5.41 Å². The van der Waals surface area contributed by atoms with Crippen LogP contribution in [-0.4, -0.2) is 24.1 Å². The molecule has 0 saturated heterocycles. The summed E-state index contributed by atoms with van der Waals surface area (Å²) in [5.74, 6) is -2.84. The minimum absolute atomic E-state index is 0.0170. The second-order valence-electron chi connectivity index (χ2n) is 4.63. The lowest BCUT2D eigenvalue weighted by Crippen LogP contribution is -2.36. The Labute approximate surface area is 120 Å². The Hall–Kier alpha value is -1.43. The maximum atomic E-state index is 13.0. The molecule has 3 nitrogen and oxygen atoms in total. The van der Waals surface area contributed by atoms with Crippen molar-refractivity contribution < 1.29 is 23.1 Å². The van der Waals surface area contributed by atoms with E-state index in [0.29, 0.717) is 4.90 Å². The van der Waals surface area contributed by atoms with E-state index >= 15 is 0 Å². The van der Waals surface area contributed by atoms with Crippen molar-refractivity contribution in [1.29, 1.82) is 0 Å². The molecule has 1 rings (SSSR count). The second-order valence-corrected chi connectivity index (χ2v) is 5.68. The van der Waals surface area contributed by atoms with Gasteiger partial charge in [-0.1, -0.05) is 0 Å². The molecule has 0 atom stereocenters. The van der Waals surface area contributed by atoms with Gasteiger partial charge in [-0.3, -0.25) is 9.59 Å². The summed E-state index contributed by atoms with van der Waals surface area (Å²) in [5, 5.41) is 0. The highest BCUT2D eigenvalue weighted by Gasteiger charge is 2.36. The van der Waals surface area contributed by atoms with Crippen molar-refractivity contribution in [3.63, 3.8) is 0 Å². The van der Waals surface area contributed by atoms with Gasteiger partial charge in [-0.25, -0.2) is 8.78 Å². The summed E-state index contributed by atoms with van der Waals surface area (Å²) >= 11 is 1.05. The monoisotopic (exact) mass is 302 g/mol. The van der Waals surface area contributed by atoms with Crippen LogP contribution in [0.25, 0.3) is 0 Å². The van der Waals surface area contributed by atoms with Crippen LogP contribution in [0.1, 0.15) is 20.8 Å². The summed E-state index contributed by atoms with van der Waals surface area (Å²) in [5.41, 5.74) is -1.25. The topological polar surface area (TPSA) is 43.4 Å². The molecule has 0 heterocycles. The molecule has 1 aromatic carbocycles. The number of esters is 1. The van der Waals surface area contributed by atoms with Gasteiger partial charge >= 0.3 is 5.97 Å². The number of carbonyl (C=O) groups excluding carboxylic acids is 2. The van der Waals surface area contributed by atoms with Crippen LogP contribution in [0.2, 0.25) is 0 Å². The lowest BCUT2D eigenvalue weighted by atomic mass is 9.89. The molecule has 1 aromatic rings. The SMILES string of the molecule is CCOC(=O)C(C)(C)C(=O)CSc1ccc(F)c(F)c1. The number of Topliss-reactive ketones (excluding diaryl/α,β-unsaturated/α-hetero) is 1. The van der Waals surface area contributed by atoms with Crippen LogP contribution in [0.4, 0.5) is 8.78 Å². The zero-order valence-electron chi connectivity index (χ0n) is 11.5. The van der Waals surface area contributed by atoms with Crippen molar-refractivity contribution in [1.82, 2.24) is 0 Å². The fourth-order valence-electron chi connectivity index (χ4n) is 1.32. The van der Waals surface area contributed by atoms with Gasteiger partial charge in [0.05, 0.1) is 12.4 Å². The first kappa shape index (κ1) is 16.6. The van der Waals surface area contributed by atoms with E-state index in [1.165, 1.54) is 19.9 Å². The molecule has 0 amide bonds. The number of carbonyl (C=O) groups is 2. The van der Waals surface area contributed by atoms with E-state index in [-0.39, 0.29) is 18.1 Å². The summed E-state index contributed by atoms with van der Waals surface area (Å²) in [4.78, 5) is 24.1. The normalized spacial score (nSPS) is 11.2. The molecule has 0 aliphatic rings. The Morgan fingerprint density at radius 1 is 1.25 bits per heavy atom. The maximum Gasteiger partial charge on any atom is 0.319 e. The van der Waals surface area contributed by atoms with Gasteiger partial charge in [0.2, 0.25) is 0 Å². The van der Waals surface area contributed by atoms with Crippen molar-refractivity contribution >= 4 is 23.5 Å². The van der Waals surface area contributed by atoms with Gasteiger partial charge < -0.3 is 4.74 Å². The van der Waals surface area contributed by atoms with Crippen molar-refractivity contribution in [3.8, 4) is 0 Å². The number of rotatable bonds is 6. The molecule has 0 aliphatic carbocycles. The first-order valence-electron chi connectivity index (χ1n) is 6.07. The highest BCUT2D eigenvalue weighted by atomic mass is 32.2. The van der Waals surface area contributed by atoms with Crippen molar-refractivity contribution in [3.05, 3.63) is 29.8 Å². The van der Waals surface area contributed by atoms with Gasteiger partial charge in [0.1, 0.15) is 5.41 Å². The number of benzene rings is 1. The Balaban J connectivity index is 2.66. The molecule has 110 valence electrons. The number of ketones is 1. The number of ether oxygens (including phenoxy) is 1. The van der Waals surface area contributed by atoms with E-state index in [1.54, 1.807) is 6.92 Å². The molecule has 0 fully saturated rings. The van der Waals surface area contributed by atoms with E-state index in [1.807, 2.05) is 0 Å².